The van der Waals surface area contributed by atoms with E-state index in [-0.39, 0.29) is 11.5 Å². The molecular weight excluding hydrogens is 264 g/mol. The predicted octanol–water partition coefficient (Wildman–Crippen LogP) is 4.26. The molecule has 0 aromatic heterocycles. The van der Waals surface area contributed by atoms with Crippen molar-refractivity contribution in [1.82, 2.24) is 0 Å². The van der Waals surface area contributed by atoms with Crippen LogP contribution in [0.3, 0.4) is 0 Å². The van der Waals surface area contributed by atoms with Gasteiger partial charge in [-0.2, -0.15) is 0 Å². The van der Waals surface area contributed by atoms with Crippen LogP contribution < -0.4 is 0 Å². The number of phenolic OH excluding ortho intramolecular Hbond substituents is 3. The van der Waals surface area contributed by atoms with Gasteiger partial charge in [-0.25, -0.2) is 0 Å². The van der Waals surface area contributed by atoms with Gasteiger partial charge in [0.1, 0.15) is 0 Å². The first kappa shape index (κ1) is 11.9. The maximum absolute atomic E-state index is 10.0. The normalized spacial score (nSPS) is 11.4. The second-order valence-corrected chi connectivity index (χ2v) is 5.14. The molecule has 0 fully saturated rings. The number of hydrogen-bond donors (Lipinski definition) is 3. The van der Waals surface area contributed by atoms with Crippen LogP contribution in [-0.4, -0.2) is 15.3 Å². The van der Waals surface area contributed by atoms with Gasteiger partial charge in [0.05, 0.1) is 0 Å². The standard InChI is InChI=1S/C18H12O3/c19-16-9-15-13-6-5-10-3-1-2-4-11(10)12(13)7-8-14(15)17(20)18(16)21/h1-9,19-21H. The third-order valence-corrected chi connectivity index (χ3v) is 3.97. The summed E-state index contributed by atoms with van der Waals surface area (Å²) in [6.07, 6.45) is 0. The highest BCUT2D eigenvalue weighted by molar-refractivity contribution is 6.18. The van der Waals surface area contributed by atoms with E-state index in [2.05, 4.69) is 0 Å². The molecule has 0 heterocycles. The number of hydrogen-bond acceptors (Lipinski definition) is 3. The quantitative estimate of drug-likeness (QED) is 0.332. The summed E-state index contributed by atoms with van der Waals surface area (Å²) in [4.78, 5) is 0. The van der Waals surface area contributed by atoms with E-state index in [1.807, 2.05) is 42.5 Å². The van der Waals surface area contributed by atoms with Gasteiger partial charge in [0.25, 0.3) is 0 Å². The van der Waals surface area contributed by atoms with Gasteiger partial charge >= 0.3 is 0 Å². The molecule has 4 aromatic rings. The van der Waals surface area contributed by atoms with Crippen molar-refractivity contribution in [3.05, 3.63) is 54.6 Å². The van der Waals surface area contributed by atoms with E-state index < -0.39 is 5.75 Å². The Kier molecular flexibility index (Phi) is 2.27. The lowest BCUT2D eigenvalue weighted by molar-refractivity contribution is 0.371. The maximum atomic E-state index is 10.0. The Morgan fingerprint density at radius 3 is 2.05 bits per heavy atom. The number of fused-ring (bicyclic) bond motifs is 5. The molecule has 0 saturated heterocycles. The SMILES string of the molecule is Oc1cc2c(ccc3c4ccccc4ccc23)c(O)c1O. The monoisotopic (exact) mass is 276 g/mol. The summed E-state index contributed by atoms with van der Waals surface area (Å²) < 4.78 is 0. The Bertz CT molecular complexity index is 1020. The zero-order chi connectivity index (χ0) is 14.6. The van der Waals surface area contributed by atoms with Crippen LogP contribution in [0.25, 0.3) is 32.3 Å². The van der Waals surface area contributed by atoms with Gasteiger partial charge < -0.3 is 15.3 Å². The van der Waals surface area contributed by atoms with Crippen molar-refractivity contribution >= 4 is 32.3 Å². The molecule has 0 spiro atoms. The molecule has 3 N–H and O–H groups in total. The van der Waals surface area contributed by atoms with E-state index in [0.717, 1.165) is 21.5 Å². The summed E-state index contributed by atoms with van der Waals surface area (Å²) in [5.74, 6) is -1.09. The number of phenols is 3. The van der Waals surface area contributed by atoms with Gasteiger partial charge in [-0.3, -0.25) is 0 Å². The Balaban J connectivity index is 2.27. The van der Waals surface area contributed by atoms with E-state index >= 15 is 0 Å². The molecule has 4 aromatic carbocycles. The first-order valence-electron chi connectivity index (χ1n) is 6.65. The van der Waals surface area contributed by atoms with Crippen molar-refractivity contribution in [2.45, 2.75) is 0 Å². The minimum atomic E-state index is -0.484. The maximum Gasteiger partial charge on any atom is 0.200 e. The third-order valence-electron chi connectivity index (χ3n) is 3.97. The summed E-state index contributed by atoms with van der Waals surface area (Å²) >= 11 is 0. The summed E-state index contributed by atoms with van der Waals surface area (Å²) in [7, 11) is 0. The molecule has 4 rings (SSSR count). The van der Waals surface area contributed by atoms with Gasteiger partial charge in [-0.1, -0.05) is 42.5 Å². The molecule has 3 heteroatoms. The van der Waals surface area contributed by atoms with E-state index in [4.69, 9.17) is 0 Å². The number of aromatic hydroxyl groups is 3. The lowest BCUT2D eigenvalue weighted by atomic mass is 9.96. The molecule has 3 nitrogen and oxygen atoms in total. The van der Waals surface area contributed by atoms with Crippen molar-refractivity contribution in [3.8, 4) is 17.2 Å². The zero-order valence-electron chi connectivity index (χ0n) is 11.0. The summed E-state index contributed by atoms with van der Waals surface area (Å²) in [5, 5.41) is 34.9. The highest BCUT2D eigenvalue weighted by atomic mass is 16.3. The molecule has 0 saturated carbocycles. The van der Waals surface area contributed by atoms with Crippen LogP contribution in [0.1, 0.15) is 0 Å². The smallest absolute Gasteiger partial charge is 0.200 e. The average molecular weight is 276 g/mol. The van der Waals surface area contributed by atoms with Crippen LogP contribution in [0.2, 0.25) is 0 Å². The molecule has 0 radical (unpaired) electrons. The van der Waals surface area contributed by atoms with Gasteiger partial charge in [-0.15, -0.1) is 0 Å². The molecule has 0 aliphatic heterocycles. The van der Waals surface area contributed by atoms with E-state index in [1.54, 1.807) is 6.07 Å². The van der Waals surface area contributed by atoms with Crippen LogP contribution >= 0.6 is 0 Å². The highest BCUT2D eigenvalue weighted by Gasteiger charge is 2.13. The minimum absolute atomic E-state index is 0.292. The number of benzene rings is 4. The molecule has 21 heavy (non-hydrogen) atoms. The van der Waals surface area contributed by atoms with Crippen molar-refractivity contribution in [2.24, 2.45) is 0 Å². The Morgan fingerprint density at radius 1 is 0.524 bits per heavy atom. The lowest BCUT2D eigenvalue weighted by Gasteiger charge is -2.10. The van der Waals surface area contributed by atoms with Crippen molar-refractivity contribution < 1.29 is 15.3 Å². The van der Waals surface area contributed by atoms with Crippen LogP contribution in [0, 0.1) is 0 Å². The van der Waals surface area contributed by atoms with Crippen LogP contribution in [0.5, 0.6) is 17.2 Å². The molecule has 0 unspecified atom stereocenters. The van der Waals surface area contributed by atoms with E-state index in [1.165, 1.54) is 6.07 Å². The lowest BCUT2D eigenvalue weighted by Crippen LogP contribution is -1.82. The highest BCUT2D eigenvalue weighted by Crippen LogP contribution is 2.43. The molecule has 0 aliphatic carbocycles. The third kappa shape index (κ3) is 1.54. The summed E-state index contributed by atoms with van der Waals surface area (Å²) in [6, 6.07) is 17.2. The largest absolute Gasteiger partial charge is 0.504 e. The summed E-state index contributed by atoms with van der Waals surface area (Å²) in [6.45, 7) is 0. The van der Waals surface area contributed by atoms with Gasteiger partial charge in [0, 0.05) is 5.39 Å². The van der Waals surface area contributed by atoms with E-state index in [9.17, 15) is 15.3 Å². The topological polar surface area (TPSA) is 60.7 Å². The molecule has 0 atom stereocenters. The fourth-order valence-corrected chi connectivity index (χ4v) is 2.93. The molecule has 0 amide bonds. The Labute approximate surface area is 120 Å². The van der Waals surface area contributed by atoms with Gasteiger partial charge in [0.2, 0.25) is 5.75 Å². The first-order chi connectivity index (χ1) is 10.2. The molecular formula is C18H12O3. The van der Waals surface area contributed by atoms with Crippen LogP contribution in [0.4, 0.5) is 0 Å². The second-order valence-electron chi connectivity index (χ2n) is 5.14. The van der Waals surface area contributed by atoms with Crippen LogP contribution in [0.15, 0.2) is 54.6 Å². The zero-order valence-corrected chi connectivity index (χ0v) is 11.0. The van der Waals surface area contributed by atoms with Crippen LogP contribution in [-0.2, 0) is 0 Å². The summed E-state index contributed by atoms with van der Waals surface area (Å²) in [5.41, 5.74) is 0. The second kappa shape index (κ2) is 4.03. The van der Waals surface area contributed by atoms with Gasteiger partial charge in [0.15, 0.2) is 11.5 Å². The van der Waals surface area contributed by atoms with Crippen molar-refractivity contribution in [3.63, 3.8) is 0 Å². The minimum Gasteiger partial charge on any atom is -0.504 e. The van der Waals surface area contributed by atoms with Gasteiger partial charge in [-0.05, 0) is 39.1 Å². The Morgan fingerprint density at radius 2 is 1.19 bits per heavy atom. The fourth-order valence-electron chi connectivity index (χ4n) is 2.93. The predicted molar refractivity (Wildman–Crippen MR) is 84.0 cm³/mol. The molecule has 0 bridgehead atoms. The molecule has 102 valence electrons. The fraction of sp³-hybridized carbons (Fsp3) is 0. The number of rotatable bonds is 0. The van der Waals surface area contributed by atoms with Crippen molar-refractivity contribution in [1.29, 1.82) is 0 Å². The molecule has 0 aliphatic rings. The van der Waals surface area contributed by atoms with E-state index in [0.29, 0.717) is 10.8 Å². The Hall–Kier alpha value is -2.94. The average Bonchev–Trinajstić information content (AvgIpc) is 2.52. The first-order valence-corrected chi connectivity index (χ1v) is 6.65. The van der Waals surface area contributed by atoms with Crippen molar-refractivity contribution in [2.75, 3.05) is 0 Å².